The van der Waals surface area contributed by atoms with Gasteiger partial charge < -0.3 is 10.2 Å². The summed E-state index contributed by atoms with van der Waals surface area (Å²) in [6.45, 7) is 3.24. The molecule has 0 fully saturated rings. The van der Waals surface area contributed by atoms with Crippen LogP contribution in [-0.4, -0.2) is 44.3 Å². The summed E-state index contributed by atoms with van der Waals surface area (Å²) in [5.74, 6) is -1.69. The Bertz CT molecular complexity index is 1760. The molecule has 0 saturated heterocycles. The lowest BCUT2D eigenvalue weighted by atomic mass is 10.0. The van der Waals surface area contributed by atoms with E-state index in [1.54, 1.807) is 18.2 Å². The number of sulfonamides is 1. The van der Waals surface area contributed by atoms with Crippen molar-refractivity contribution < 1.29 is 22.4 Å². The summed E-state index contributed by atoms with van der Waals surface area (Å²) in [6.07, 6.45) is 1.69. The third-order valence-corrected chi connectivity index (χ3v) is 10.0. The zero-order chi connectivity index (χ0) is 33.3. The Balaban J connectivity index is 1.81. The van der Waals surface area contributed by atoms with Crippen LogP contribution in [0.25, 0.3) is 0 Å². The second-order valence-corrected chi connectivity index (χ2v) is 13.6. The largest absolute Gasteiger partial charge is 0.354 e. The quantitative estimate of drug-likeness (QED) is 0.143. The number of carbonyl (C=O) groups is 2. The molecule has 46 heavy (non-hydrogen) atoms. The molecule has 1 N–H and O–H groups in total. The van der Waals surface area contributed by atoms with Gasteiger partial charge in [0, 0.05) is 25.1 Å². The summed E-state index contributed by atoms with van der Waals surface area (Å²) in [5, 5.41) is 3.21. The highest BCUT2D eigenvalue weighted by molar-refractivity contribution is 7.92. The van der Waals surface area contributed by atoms with E-state index >= 15 is 4.39 Å². The zero-order valence-electron chi connectivity index (χ0n) is 25.6. The molecule has 4 rings (SSSR count). The van der Waals surface area contributed by atoms with E-state index in [0.29, 0.717) is 6.54 Å². The number of amides is 2. The van der Waals surface area contributed by atoms with Crippen molar-refractivity contribution in [3.8, 4) is 0 Å². The number of carbonyl (C=O) groups excluding carboxylic acids is 2. The molecule has 242 valence electrons. The predicted octanol–water partition coefficient (Wildman–Crippen LogP) is 7.19. The summed E-state index contributed by atoms with van der Waals surface area (Å²) in [4.78, 5) is 29.4. The van der Waals surface area contributed by atoms with E-state index in [2.05, 4.69) is 5.32 Å². The molecule has 11 heteroatoms. The van der Waals surface area contributed by atoms with Gasteiger partial charge in [-0.15, -0.1) is 0 Å². The first-order valence-electron chi connectivity index (χ1n) is 14.9. The summed E-state index contributed by atoms with van der Waals surface area (Å²) in [6, 6.07) is 24.5. The van der Waals surface area contributed by atoms with Gasteiger partial charge in [-0.1, -0.05) is 103 Å². The maximum Gasteiger partial charge on any atom is 0.264 e. The number of unbranched alkanes of at least 4 members (excludes halogenated alkanes) is 1. The van der Waals surface area contributed by atoms with Crippen molar-refractivity contribution in [2.75, 3.05) is 17.4 Å². The number of nitrogens with zero attached hydrogens (tertiary/aromatic N) is 2. The second-order valence-electron chi connectivity index (χ2n) is 10.9. The predicted molar refractivity (Wildman–Crippen MR) is 181 cm³/mol. The second kappa shape index (κ2) is 16.1. The van der Waals surface area contributed by atoms with E-state index < -0.39 is 40.2 Å². The van der Waals surface area contributed by atoms with Crippen LogP contribution in [0.1, 0.15) is 36.5 Å². The van der Waals surface area contributed by atoms with Crippen molar-refractivity contribution in [3.05, 3.63) is 130 Å². The van der Waals surface area contributed by atoms with E-state index in [4.69, 9.17) is 23.2 Å². The lowest BCUT2D eigenvalue weighted by Crippen LogP contribution is -2.53. The summed E-state index contributed by atoms with van der Waals surface area (Å²) >= 11 is 12.4. The number of anilines is 1. The standard InChI is InChI=1S/C35H36Cl2FN3O4S/c1-3-4-20-39-35(43)33(21-26-10-6-5-7-11-26)40(23-27-12-8-9-13-32(27)38)34(42)24-41(28-16-19-30(36)31(37)22-28)46(44,45)29-17-14-25(2)15-18-29/h5-19,22,33H,3-4,20-21,23-24H2,1-2H3,(H,39,43). The van der Waals surface area contributed by atoms with Crippen molar-refractivity contribution in [2.45, 2.75) is 50.6 Å². The Morgan fingerprint density at radius 2 is 1.57 bits per heavy atom. The van der Waals surface area contributed by atoms with Gasteiger partial charge in [-0.3, -0.25) is 13.9 Å². The molecule has 0 spiro atoms. The molecule has 0 aliphatic heterocycles. The van der Waals surface area contributed by atoms with Crippen LogP contribution in [0.5, 0.6) is 0 Å². The van der Waals surface area contributed by atoms with Crippen molar-refractivity contribution in [1.29, 1.82) is 0 Å². The van der Waals surface area contributed by atoms with Gasteiger partial charge in [0.1, 0.15) is 18.4 Å². The van der Waals surface area contributed by atoms with Crippen LogP contribution < -0.4 is 9.62 Å². The van der Waals surface area contributed by atoms with Crippen molar-refractivity contribution >= 4 is 50.7 Å². The van der Waals surface area contributed by atoms with E-state index in [0.717, 1.165) is 28.3 Å². The van der Waals surface area contributed by atoms with E-state index in [1.807, 2.05) is 44.2 Å². The maximum atomic E-state index is 15.0. The zero-order valence-corrected chi connectivity index (χ0v) is 28.0. The average molecular weight is 685 g/mol. The fourth-order valence-electron chi connectivity index (χ4n) is 4.88. The summed E-state index contributed by atoms with van der Waals surface area (Å²) in [7, 11) is -4.32. The van der Waals surface area contributed by atoms with Gasteiger partial charge in [0.15, 0.2) is 0 Å². The molecule has 0 bridgehead atoms. The summed E-state index contributed by atoms with van der Waals surface area (Å²) < 4.78 is 44.2. The number of hydrogen-bond acceptors (Lipinski definition) is 4. The lowest BCUT2D eigenvalue weighted by molar-refractivity contribution is -0.140. The number of hydrogen-bond donors (Lipinski definition) is 1. The fourth-order valence-corrected chi connectivity index (χ4v) is 6.57. The Kier molecular flexibility index (Phi) is 12.2. The summed E-state index contributed by atoms with van der Waals surface area (Å²) in [5.41, 5.74) is 1.90. The van der Waals surface area contributed by atoms with Gasteiger partial charge in [0.05, 0.1) is 20.6 Å². The van der Waals surface area contributed by atoms with Gasteiger partial charge in [0.2, 0.25) is 11.8 Å². The molecule has 0 aromatic heterocycles. The minimum Gasteiger partial charge on any atom is -0.354 e. The van der Waals surface area contributed by atoms with Gasteiger partial charge in [0.25, 0.3) is 10.0 Å². The number of benzene rings is 4. The molecule has 1 unspecified atom stereocenters. The van der Waals surface area contributed by atoms with Gasteiger partial charge in [-0.05, 0) is 55.3 Å². The topological polar surface area (TPSA) is 86.8 Å². The molecule has 7 nitrogen and oxygen atoms in total. The fraction of sp³-hybridized carbons (Fsp3) is 0.257. The Morgan fingerprint density at radius 1 is 0.891 bits per heavy atom. The molecule has 1 atom stereocenters. The van der Waals surface area contributed by atoms with Crippen LogP contribution in [0.3, 0.4) is 0 Å². The van der Waals surface area contributed by atoms with Crippen LogP contribution in [0.15, 0.2) is 102 Å². The molecule has 0 heterocycles. The molecule has 2 amide bonds. The van der Waals surface area contributed by atoms with Crippen LogP contribution in [-0.2, 0) is 32.6 Å². The van der Waals surface area contributed by atoms with E-state index in [-0.39, 0.29) is 39.2 Å². The molecule has 0 saturated carbocycles. The first kappa shape index (κ1) is 34.9. The number of halogens is 3. The van der Waals surface area contributed by atoms with E-state index in [9.17, 15) is 18.0 Å². The van der Waals surface area contributed by atoms with Crippen LogP contribution >= 0.6 is 23.2 Å². The monoisotopic (exact) mass is 683 g/mol. The Labute approximate surface area is 280 Å². The average Bonchev–Trinajstić information content (AvgIpc) is 3.04. The number of rotatable bonds is 14. The van der Waals surface area contributed by atoms with Crippen LogP contribution in [0, 0.1) is 12.7 Å². The molecular formula is C35H36Cl2FN3O4S. The number of aryl methyl sites for hydroxylation is 1. The van der Waals surface area contributed by atoms with Crippen LogP contribution in [0.4, 0.5) is 10.1 Å². The van der Waals surface area contributed by atoms with Crippen molar-refractivity contribution in [1.82, 2.24) is 10.2 Å². The van der Waals surface area contributed by atoms with Gasteiger partial charge >= 0.3 is 0 Å². The molecule has 0 aliphatic rings. The first-order valence-corrected chi connectivity index (χ1v) is 17.1. The third-order valence-electron chi connectivity index (χ3n) is 7.48. The normalized spacial score (nSPS) is 11.9. The van der Waals surface area contributed by atoms with Crippen molar-refractivity contribution in [3.63, 3.8) is 0 Å². The Morgan fingerprint density at radius 3 is 2.22 bits per heavy atom. The molecule has 4 aromatic rings. The van der Waals surface area contributed by atoms with Crippen LogP contribution in [0.2, 0.25) is 10.0 Å². The lowest BCUT2D eigenvalue weighted by Gasteiger charge is -2.34. The number of nitrogens with one attached hydrogen (secondary N) is 1. The van der Waals surface area contributed by atoms with Crippen molar-refractivity contribution in [2.24, 2.45) is 0 Å². The smallest absolute Gasteiger partial charge is 0.264 e. The van der Waals surface area contributed by atoms with Gasteiger partial charge in [-0.2, -0.15) is 0 Å². The first-order chi connectivity index (χ1) is 22.0. The molecule has 0 radical (unpaired) electrons. The Hall–Kier alpha value is -3.92. The SMILES string of the molecule is CCCCNC(=O)C(Cc1ccccc1)N(Cc1ccccc1F)C(=O)CN(c1ccc(Cl)c(Cl)c1)S(=O)(=O)c1ccc(C)cc1. The minimum atomic E-state index is -4.32. The highest BCUT2D eigenvalue weighted by Gasteiger charge is 2.35. The maximum absolute atomic E-state index is 15.0. The highest BCUT2D eigenvalue weighted by Crippen LogP contribution is 2.31. The third kappa shape index (κ3) is 8.87. The highest BCUT2D eigenvalue weighted by atomic mass is 35.5. The van der Waals surface area contributed by atoms with E-state index in [1.165, 1.54) is 53.4 Å². The molecule has 0 aliphatic carbocycles. The molecule has 4 aromatic carbocycles. The minimum absolute atomic E-state index is 0.0456. The molecular weight excluding hydrogens is 648 g/mol. The van der Waals surface area contributed by atoms with Gasteiger partial charge in [-0.25, -0.2) is 12.8 Å².